The van der Waals surface area contributed by atoms with Crippen molar-refractivity contribution in [2.45, 2.75) is 163 Å². The third-order valence-electron chi connectivity index (χ3n) is 24.3. The molecule has 9 fully saturated rings. The van der Waals surface area contributed by atoms with Gasteiger partial charge in [0.15, 0.2) is 0 Å². The number of nitriles is 3. The van der Waals surface area contributed by atoms with Gasteiger partial charge in [0.2, 0.25) is 0 Å². The summed E-state index contributed by atoms with van der Waals surface area (Å²) in [5, 5.41) is 49.5. The Balaban J connectivity index is 0.000000131. The first-order valence-electron chi connectivity index (χ1n) is 42.8. The molecule has 4 aliphatic carbocycles. The van der Waals surface area contributed by atoms with Crippen molar-refractivity contribution >= 4 is 115 Å². The summed E-state index contributed by atoms with van der Waals surface area (Å²) in [6, 6.07) is 29.4. The van der Waals surface area contributed by atoms with Crippen molar-refractivity contribution in [1.29, 1.82) is 15.8 Å². The Labute approximate surface area is 762 Å². The number of pyridine rings is 7. The number of piperidine rings is 4. The largest absolute Gasteiger partial charge is 0.496 e. The third kappa shape index (κ3) is 20.8. The number of fused-ring (bicyclic) bond motifs is 7. The van der Waals surface area contributed by atoms with Gasteiger partial charge >= 0.3 is 25.4 Å². The molecule has 5 aliphatic heterocycles. The second kappa shape index (κ2) is 36.8. The van der Waals surface area contributed by atoms with E-state index in [4.69, 9.17) is 53.7 Å². The van der Waals surface area contributed by atoms with Crippen molar-refractivity contribution in [3.05, 3.63) is 154 Å². The molecule has 3 amide bonds. The first-order chi connectivity index (χ1) is 59.9. The molecule has 0 aromatic carbocycles. The predicted molar refractivity (Wildman–Crippen MR) is 491 cm³/mol. The van der Waals surface area contributed by atoms with Gasteiger partial charge in [-0.25, -0.2) is 47.9 Å². The Morgan fingerprint density at radius 2 is 0.780 bits per heavy atom. The maximum atomic E-state index is 12.1. The minimum Gasteiger partial charge on any atom is -0.492 e. The third-order valence-corrected chi connectivity index (χ3v) is 25.4. The summed E-state index contributed by atoms with van der Waals surface area (Å²) in [5.74, 6) is 10.0. The molecule has 127 heavy (non-hydrogen) atoms. The summed E-state index contributed by atoms with van der Waals surface area (Å²) >= 11 is 6.79. The second-order valence-corrected chi connectivity index (χ2v) is 38.9. The molecule has 19 rings (SSSR count). The number of carbonyl (C=O) groups excluding carboxylic acids is 3. The Morgan fingerprint density at radius 1 is 0.465 bits per heavy atom. The SMILES string of the molecule is CC(C)(C)OC(=O)NC1[C@H]2CN(c3ccc(B4OC(C)(C)C(C)(C)O4)cn3)C[C@@H]12.CC(C)(C)OC(=O)NC1[C@H]2CN(c3ccc(Br)cn3)C[C@@H]12.CCOc1cc(-c2ccc(N3C[C@@H]4C(N)[C@@H]4C3)nc2)c2c(C#N)cnn2c1.CCOc1cc(-c2ccc(N3C[C@@H]4C(NC(=O)OC(C)(C)C)[C@@H]4C3)nc2)c2c(C#N)cnn2c1.CCOc1cc(Br)c2c(C#N)cnn2c1.Cl. The molecule has 0 spiro atoms. The summed E-state index contributed by atoms with van der Waals surface area (Å²) in [7, 11) is -0.393. The van der Waals surface area contributed by atoms with Gasteiger partial charge in [0.25, 0.3) is 0 Å². The van der Waals surface area contributed by atoms with E-state index in [0.717, 1.165) is 135 Å². The van der Waals surface area contributed by atoms with Crippen molar-refractivity contribution in [2.75, 3.05) is 91.8 Å². The van der Waals surface area contributed by atoms with Crippen LogP contribution in [-0.2, 0) is 23.5 Å². The van der Waals surface area contributed by atoms with Gasteiger partial charge in [-0.3, -0.25) is 0 Å². The summed E-state index contributed by atoms with van der Waals surface area (Å²) in [5.41, 5.74) is 12.3. The quantitative estimate of drug-likeness (QED) is 0.0515. The van der Waals surface area contributed by atoms with E-state index >= 15 is 0 Å². The lowest BCUT2D eigenvalue weighted by Crippen LogP contribution is -2.41. The second-order valence-electron chi connectivity index (χ2n) is 37.1. The maximum absolute atomic E-state index is 12.1. The molecule has 5 N–H and O–H groups in total. The zero-order chi connectivity index (χ0) is 89.8. The topological polar surface area (TPSA) is 375 Å². The number of hydrogen-bond acceptors (Lipinski definition) is 26. The van der Waals surface area contributed by atoms with E-state index in [1.54, 1.807) is 44.5 Å². The van der Waals surface area contributed by atoms with E-state index in [0.29, 0.717) is 101 Å². The highest BCUT2D eigenvalue weighted by molar-refractivity contribution is 9.11. The Bertz CT molecular complexity index is 5740. The molecule has 4 saturated carbocycles. The first-order valence-corrected chi connectivity index (χ1v) is 44.4. The number of halogens is 3. The predicted octanol–water partition coefficient (Wildman–Crippen LogP) is 13.6. The van der Waals surface area contributed by atoms with Crippen LogP contribution in [0.3, 0.4) is 0 Å². The van der Waals surface area contributed by atoms with Crippen LogP contribution in [0.5, 0.6) is 17.2 Å². The van der Waals surface area contributed by atoms with Gasteiger partial charge in [-0.15, -0.1) is 12.4 Å². The highest BCUT2D eigenvalue weighted by atomic mass is 79.9. The van der Waals surface area contributed by atoms with Crippen LogP contribution in [0.4, 0.5) is 37.7 Å². The minimum absolute atomic E-state index is 0. The number of carbonyl (C=O) groups is 3. The molecule has 668 valence electrons. The number of hydrogen-bond donors (Lipinski definition) is 4. The van der Waals surface area contributed by atoms with Crippen LogP contribution in [-0.4, -0.2) is 199 Å². The smallest absolute Gasteiger partial charge is 0.492 e. The number of anilines is 4. The van der Waals surface area contributed by atoms with Crippen molar-refractivity contribution < 1.29 is 52.1 Å². The molecule has 32 nitrogen and oxygen atoms in total. The van der Waals surface area contributed by atoms with Crippen LogP contribution in [0.1, 0.15) is 127 Å². The van der Waals surface area contributed by atoms with Gasteiger partial charge in [0, 0.05) is 173 Å². The first kappa shape index (κ1) is 91.9. The van der Waals surface area contributed by atoms with Crippen molar-refractivity contribution in [3.8, 4) is 57.7 Å². The number of aromatic nitrogens is 10. The normalized spacial score (nSPS) is 23.1. The molecule has 0 bridgehead atoms. The highest BCUT2D eigenvalue weighted by Crippen LogP contribution is 2.50. The Morgan fingerprint density at radius 3 is 1.09 bits per heavy atom. The van der Waals surface area contributed by atoms with Crippen molar-refractivity contribution in [2.24, 2.45) is 53.1 Å². The van der Waals surface area contributed by atoms with Crippen LogP contribution in [0.15, 0.2) is 138 Å². The van der Waals surface area contributed by atoms with E-state index in [1.807, 2.05) is 202 Å². The summed E-state index contributed by atoms with van der Waals surface area (Å²) in [6.07, 6.45) is 16.4. The fourth-order valence-corrected chi connectivity index (χ4v) is 18.1. The lowest BCUT2D eigenvalue weighted by Gasteiger charge is -2.32. The zero-order valence-corrected chi connectivity index (χ0v) is 78.2. The average molecular weight is 1880 g/mol. The number of ether oxygens (including phenoxy) is 6. The van der Waals surface area contributed by atoms with Gasteiger partial charge in [-0.2, -0.15) is 31.1 Å². The van der Waals surface area contributed by atoms with Gasteiger partial charge < -0.3 is 79.0 Å². The number of alkyl carbamates (subject to hydrolysis) is 3. The van der Waals surface area contributed by atoms with Gasteiger partial charge in [0.05, 0.1) is 101 Å². The molecule has 9 aliphatic rings. The number of nitrogens with zero attached hydrogens (tertiary/aromatic N) is 17. The van der Waals surface area contributed by atoms with Crippen LogP contribution in [0.2, 0.25) is 0 Å². The number of amides is 3. The van der Waals surface area contributed by atoms with Gasteiger partial charge in [-0.1, -0.05) is 6.07 Å². The lowest BCUT2D eigenvalue weighted by atomic mass is 9.80. The van der Waals surface area contributed by atoms with Crippen molar-refractivity contribution in [3.63, 3.8) is 0 Å². The molecule has 15 heterocycles. The lowest BCUT2D eigenvalue weighted by molar-refractivity contribution is 0.00578. The minimum atomic E-state index is -0.496. The molecular formula is C91H109BBr2ClN21O11. The zero-order valence-electron chi connectivity index (χ0n) is 74.2. The number of nitrogens with two attached hydrogens (primary N) is 1. The number of nitrogens with one attached hydrogen (secondary N) is 3. The van der Waals surface area contributed by atoms with E-state index in [2.05, 4.69) is 116 Å². The molecule has 5 saturated heterocycles. The van der Waals surface area contributed by atoms with E-state index in [1.165, 1.54) is 6.20 Å². The van der Waals surface area contributed by atoms with Crippen LogP contribution in [0, 0.1) is 81.3 Å². The molecule has 12 atom stereocenters. The van der Waals surface area contributed by atoms with Gasteiger partial charge in [0.1, 0.15) is 75.5 Å². The fraction of sp³-hybridized carbons (Fsp3) is 0.484. The van der Waals surface area contributed by atoms with Crippen LogP contribution in [0.25, 0.3) is 38.8 Å². The molecule has 4 unspecified atom stereocenters. The van der Waals surface area contributed by atoms with Crippen molar-refractivity contribution in [1.82, 2.24) is 64.7 Å². The van der Waals surface area contributed by atoms with Gasteiger partial charge in [-0.05, 0) is 215 Å². The molecule has 10 aromatic rings. The van der Waals surface area contributed by atoms with Crippen LogP contribution >= 0.6 is 44.3 Å². The number of rotatable bonds is 16. The van der Waals surface area contributed by atoms with E-state index < -0.39 is 23.9 Å². The van der Waals surface area contributed by atoms with E-state index in [-0.39, 0.29) is 60.0 Å². The molecule has 10 aromatic heterocycles. The molecule has 0 radical (unpaired) electrons. The maximum Gasteiger partial charge on any atom is 0.496 e. The summed E-state index contributed by atoms with van der Waals surface area (Å²) in [4.78, 5) is 63.3. The Hall–Kier alpha value is -11.3. The Kier molecular flexibility index (Phi) is 26.7. The summed E-state index contributed by atoms with van der Waals surface area (Å²) in [6.45, 7) is 39.9. The standard InChI is InChI=1S/C25H28N6O3.C21H32BN3O4.C20H20N6O.C15H20BrN3O2.C10H8BrN3O.ClH/c1-5-33-17-8-18(23-16(9-26)11-28-31(23)12-17)15-6-7-21(27-10-15)30-13-19-20(14-30)22(19)29-24(32)34-25(2,3)4;1-19(2,3)27-18(26)24-17-14-11-25(12-15(14)17)16-9-8-13(10-23-16)22-28-20(4,5)21(6,7)29-22;1-2-27-14-5-15(20-13(6-21)8-24-26(20)9-14)12-3-4-18(23-7-12)25-10-16-17(11-25)19(16)22;1-15(2,3)21-14(20)18-13-10-7-19(8-11(10)13)12-5-4-9(16)6-17-12;1-2-15-8-3-9(11)10-7(4-12)5-13-14(10)6-8;/h6-8,10-12,19-20,22H,5,13-14H2,1-4H3,(H,29,32);8-10,14-15,17H,11-12H2,1-7H3,(H,24,26);3-5,7-9,16-17,19H,2,10-11,22H2,1H3;4-6,10-11,13H,7-8H2,1-3H3,(H,18,20);3,5-6H,2H2,1H3;1H/t19-,20+,22?;14-,15+,17?;16-,17+,19?;10-,11+,13?;;. The summed E-state index contributed by atoms with van der Waals surface area (Å²) < 4.78 is 51.7. The fourth-order valence-electron chi connectivity index (χ4n) is 17.3. The van der Waals surface area contributed by atoms with E-state index in [9.17, 15) is 24.9 Å². The highest BCUT2D eigenvalue weighted by Gasteiger charge is 2.60. The monoisotopic (exact) mass is 1880 g/mol. The molecular weight excluding hydrogens is 1770 g/mol. The average Bonchev–Trinajstić information content (AvgIpc) is 1.59. The molecule has 36 heteroatoms. The van der Waals surface area contributed by atoms with Crippen LogP contribution < -0.4 is 61.0 Å².